The average molecular weight is 347 g/mol. The Morgan fingerprint density at radius 3 is 2.79 bits per heavy atom. The lowest BCUT2D eigenvalue weighted by atomic mass is 10.1. The van der Waals surface area contributed by atoms with Crippen LogP contribution in [0.3, 0.4) is 0 Å². The minimum atomic E-state index is -4.48. The first kappa shape index (κ1) is 18.4. The first-order valence-electron chi connectivity index (χ1n) is 7.65. The molecule has 5 nitrogen and oxygen atoms in total. The number of halogens is 3. The number of alkyl halides is 3. The van der Waals surface area contributed by atoms with E-state index in [4.69, 9.17) is 9.47 Å². The number of carbonyl (C=O) groups excluding carboxylic acids is 1. The Morgan fingerprint density at radius 1 is 1.46 bits per heavy atom. The van der Waals surface area contributed by atoms with Crippen molar-refractivity contribution >= 4 is 11.6 Å². The molecule has 1 aliphatic heterocycles. The van der Waals surface area contributed by atoms with E-state index in [0.29, 0.717) is 23.8 Å². The fourth-order valence-electron chi connectivity index (χ4n) is 2.34. The van der Waals surface area contributed by atoms with Gasteiger partial charge in [0.1, 0.15) is 30.3 Å². The highest BCUT2D eigenvalue weighted by Crippen LogP contribution is 2.38. The fraction of sp³-hybridized carbons (Fsp3) is 0.562. The quantitative estimate of drug-likeness (QED) is 0.858. The summed E-state index contributed by atoms with van der Waals surface area (Å²) in [5.41, 5.74) is 1.31. The summed E-state index contributed by atoms with van der Waals surface area (Å²) < 4.78 is 52.2. The van der Waals surface area contributed by atoms with Crippen LogP contribution in [0.25, 0.3) is 0 Å². The molecular formula is C16H20F3NO4. The largest absolute Gasteiger partial charge is 0.492 e. The van der Waals surface area contributed by atoms with E-state index >= 15 is 0 Å². The van der Waals surface area contributed by atoms with Crippen molar-refractivity contribution in [2.45, 2.75) is 45.6 Å². The highest BCUT2D eigenvalue weighted by atomic mass is 19.4. The van der Waals surface area contributed by atoms with Gasteiger partial charge in [0.2, 0.25) is 0 Å². The first-order chi connectivity index (χ1) is 11.2. The second kappa shape index (κ2) is 7.29. The summed E-state index contributed by atoms with van der Waals surface area (Å²) >= 11 is 0. The smallest absolute Gasteiger partial charge is 0.411 e. The lowest BCUT2D eigenvalue weighted by Crippen LogP contribution is -2.31. The predicted molar refractivity (Wildman–Crippen MR) is 81.5 cm³/mol. The number of anilines is 1. The normalized spacial score (nSPS) is 17.8. The van der Waals surface area contributed by atoms with Gasteiger partial charge in [0, 0.05) is 18.1 Å². The molecule has 0 bridgehead atoms. The van der Waals surface area contributed by atoms with Crippen LogP contribution in [0, 0.1) is 0 Å². The second-order valence-electron chi connectivity index (χ2n) is 5.58. The third-order valence-corrected chi connectivity index (χ3v) is 3.42. The maximum Gasteiger partial charge on any atom is 0.411 e. The van der Waals surface area contributed by atoms with Crippen LogP contribution in [0.5, 0.6) is 11.5 Å². The minimum Gasteiger partial charge on any atom is -0.492 e. The Labute approximate surface area is 138 Å². The molecule has 2 atom stereocenters. The van der Waals surface area contributed by atoms with Gasteiger partial charge in [-0.2, -0.15) is 13.2 Å². The van der Waals surface area contributed by atoms with E-state index in [9.17, 15) is 18.0 Å². The van der Waals surface area contributed by atoms with E-state index in [1.165, 1.54) is 6.92 Å². The van der Waals surface area contributed by atoms with Crippen molar-refractivity contribution in [1.29, 1.82) is 0 Å². The topological polar surface area (TPSA) is 56.8 Å². The van der Waals surface area contributed by atoms with Gasteiger partial charge in [0.15, 0.2) is 0 Å². The van der Waals surface area contributed by atoms with Gasteiger partial charge in [-0.05, 0) is 26.8 Å². The predicted octanol–water partition coefficient (Wildman–Crippen LogP) is 3.31. The summed E-state index contributed by atoms with van der Waals surface area (Å²) in [5, 5.41) is 2.54. The van der Waals surface area contributed by atoms with Crippen LogP contribution in [0.1, 0.15) is 26.3 Å². The molecule has 0 unspecified atom stereocenters. The van der Waals surface area contributed by atoms with Crippen LogP contribution in [0.15, 0.2) is 12.1 Å². The maximum absolute atomic E-state index is 12.2. The van der Waals surface area contributed by atoms with Crippen molar-refractivity contribution < 1.29 is 32.2 Å². The van der Waals surface area contributed by atoms with Gasteiger partial charge >= 0.3 is 6.18 Å². The van der Waals surface area contributed by atoms with Gasteiger partial charge in [-0.25, -0.2) is 0 Å². The molecule has 0 fully saturated rings. The van der Waals surface area contributed by atoms with Gasteiger partial charge in [-0.1, -0.05) is 0 Å². The summed E-state index contributed by atoms with van der Waals surface area (Å²) in [6.07, 6.45) is -4.99. The van der Waals surface area contributed by atoms with Gasteiger partial charge in [0.25, 0.3) is 5.91 Å². The van der Waals surface area contributed by atoms with E-state index in [-0.39, 0.29) is 6.10 Å². The van der Waals surface area contributed by atoms with E-state index in [1.54, 1.807) is 19.1 Å². The van der Waals surface area contributed by atoms with Gasteiger partial charge in [-0.3, -0.25) is 4.79 Å². The van der Waals surface area contributed by atoms with Crippen molar-refractivity contribution in [2.24, 2.45) is 0 Å². The highest BCUT2D eigenvalue weighted by molar-refractivity contribution is 5.95. The molecule has 0 aromatic heterocycles. The van der Waals surface area contributed by atoms with Crippen LogP contribution in [-0.4, -0.2) is 37.5 Å². The summed E-state index contributed by atoms with van der Waals surface area (Å²) in [5.74, 6) is 0.390. The molecule has 1 amide bonds. The van der Waals surface area contributed by atoms with Crippen LogP contribution < -0.4 is 14.8 Å². The molecule has 8 heteroatoms. The molecule has 0 saturated heterocycles. The fourth-order valence-corrected chi connectivity index (χ4v) is 2.34. The number of benzene rings is 1. The van der Waals surface area contributed by atoms with Crippen molar-refractivity contribution in [1.82, 2.24) is 0 Å². The Hall–Kier alpha value is -1.96. The van der Waals surface area contributed by atoms with E-state index < -0.39 is 24.8 Å². The van der Waals surface area contributed by atoms with Crippen LogP contribution >= 0.6 is 0 Å². The number of hydrogen-bond donors (Lipinski definition) is 1. The number of amides is 1. The number of nitrogens with one attached hydrogen (secondary N) is 1. The summed E-state index contributed by atoms with van der Waals surface area (Å²) in [7, 11) is 0. The molecule has 2 rings (SSSR count). The SMILES string of the molecule is CCOc1cc2c(cc1NC(=O)[C@H](C)OCC(F)(F)F)O[C@@H](C)C2. The molecule has 1 aromatic rings. The van der Waals surface area contributed by atoms with E-state index in [2.05, 4.69) is 10.1 Å². The van der Waals surface area contributed by atoms with Crippen LogP contribution in [0.4, 0.5) is 18.9 Å². The molecule has 1 heterocycles. The van der Waals surface area contributed by atoms with Crippen LogP contribution in [-0.2, 0) is 16.0 Å². The monoisotopic (exact) mass is 347 g/mol. The third kappa shape index (κ3) is 4.77. The first-order valence-corrected chi connectivity index (χ1v) is 7.65. The van der Waals surface area contributed by atoms with E-state index in [1.807, 2.05) is 6.92 Å². The van der Waals surface area contributed by atoms with Gasteiger partial charge < -0.3 is 19.5 Å². The molecular weight excluding hydrogens is 327 g/mol. The van der Waals surface area contributed by atoms with Crippen LogP contribution in [0.2, 0.25) is 0 Å². The molecule has 1 N–H and O–H groups in total. The number of carbonyl (C=O) groups is 1. The molecule has 1 aromatic carbocycles. The molecule has 0 spiro atoms. The highest BCUT2D eigenvalue weighted by Gasteiger charge is 2.30. The third-order valence-electron chi connectivity index (χ3n) is 3.42. The van der Waals surface area contributed by atoms with Crippen molar-refractivity contribution in [2.75, 3.05) is 18.5 Å². The number of rotatable bonds is 6. The molecule has 0 aliphatic carbocycles. The standard InChI is InChI=1S/C16H20F3NO4/c1-4-22-14-6-11-5-9(2)24-13(11)7-12(14)20-15(21)10(3)23-8-16(17,18)19/h6-7,9-10H,4-5,8H2,1-3H3,(H,20,21)/t9-,10-/m0/s1. The zero-order chi connectivity index (χ0) is 17.9. The summed E-state index contributed by atoms with van der Waals surface area (Å²) in [4.78, 5) is 12.1. The molecule has 1 aliphatic rings. The molecule has 0 radical (unpaired) electrons. The molecule has 24 heavy (non-hydrogen) atoms. The van der Waals surface area contributed by atoms with Crippen molar-refractivity contribution in [3.8, 4) is 11.5 Å². The zero-order valence-corrected chi connectivity index (χ0v) is 13.7. The lowest BCUT2D eigenvalue weighted by Gasteiger charge is -2.17. The number of fused-ring (bicyclic) bond motifs is 1. The molecule has 134 valence electrons. The number of ether oxygens (including phenoxy) is 3. The zero-order valence-electron chi connectivity index (χ0n) is 13.7. The molecule has 0 saturated carbocycles. The second-order valence-corrected chi connectivity index (χ2v) is 5.58. The summed E-state index contributed by atoms with van der Waals surface area (Å²) in [6.45, 7) is 3.88. The van der Waals surface area contributed by atoms with E-state index in [0.717, 1.165) is 12.0 Å². The Balaban J connectivity index is 2.10. The Bertz CT molecular complexity index is 604. The number of hydrogen-bond acceptors (Lipinski definition) is 4. The minimum absolute atomic E-state index is 0.0227. The maximum atomic E-state index is 12.2. The van der Waals surface area contributed by atoms with Gasteiger partial charge in [-0.15, -0.1) is 0 Å². The Kier molecular flexibility index (Phi) is 5.58. The van der Waals surface area contributed by atoms with Crippen molar-refractivity contribution in [3.63, 3.8) is 0 Å². The van der Waals surface area contributed by atoms with Crippen molar-refractivity contribution in [3.05, 3.63) is 17.7 Å². The van der Waals surface area contributed by atoms with Gasteiger partial charge in [0.05, 0.1) is 12.3 Å². The Morgan fingerprint density at radius 2 is 2.17 bits per heavy atom. The summed E-state index contributed by atoms with van der Waals surface area (Å²) in [6, 6.07) is 3.40. The lowest BCUT2D eigenvalue weighted by molar-refractivity contribution is -0.184. The average Bonchev–Trinajstić information content (AvgIpc) is 2.83.